The van der Waals surface area contributed by atoms with Crippen molar-refractivity contribution in [3.8, 4) is 5.75 Å². The third kappa shape index (κ3) is 1.81. The molecule has 0 saturated carbocycles. The first-order chi connectivity index (χ1) is 8.58. The van der Waals surface area contributed by atoms with Gasteiger partial charge < -0.3 is 9.47 Å². The number of hydrogen-bond donors (Lipinski definition) is 0. The zero-order chi connectivity index (χ0) is 13.3. The Labute approximate surface area is 103 Å². The Kier molecular flexibility index (Phi) is 3.01. The number of nitrogens with zero attached hydrogens (tertiary/aromatic N) is 1. The van der Waals surface area contributed by atoms with Crippen LogP contribution in [0.1, 0.15) is 10.4 Å². The van der Waals surface area contributed by atoms with E-state index in [4.69, 9.17) is 4.74 Å². The van der Waals surface area contributed by atoms with Crippen molar-refractivity contribution in [2.75, 3.05) is 25.7 Å². The topological polar surface area (TPSA) is 72.9 Å². The Balaban J connectivity index is 2.42. The van der Waals surface area contributed by atoms with Gasteiger partial charge >= 0.3 is 5.97 Å². The Hall–Kier alpha value is -2.37. The van der Waals surface area contributed by atoms with E-state index in [0.29, 0.717) is 11.4 Å². The number of rotatable bonds is 3. The van der Waals surface area contributed by atoms with E-state index in [0.717, 1.165) is 4.90 Å². The Bertz CT molecular complexity index is 537. The van der Waals surface area contributed by atoms with Gasteiger partial charge in [0.15, 0.2) is 0 Å². The van der Waals surface area contributed by atoms with E-state index in [1.54, 1.807) is 12.1 Å². The van der Waals surface area contributed by atoms with Crippen LogP contribution in [0.4, 0.5) is 5.69 Å². The lowest BCUT2D eigenvalue weighted by Gasteiger charge is -2.15. The van der Waals surface area contributed by atoms with E-state index in [9.17, 15) is 14.4 Å². The molecule has 1 aromatic rings. The molecule has 0 fully saturated rings. The van der Waals surface area contributed by atoms with Gasteiger partial charge in [-0.25, -0.2) is 0 Å². The van der Waals surface area contributed by atoms with Crippen molar-refractivity contribution in [3.05, 3.63) is 23.8 Å². The van der Waals surface area contributed by atoms with Gasteiger partial charge in [-0.2, -0.15) is 0 Å². The van der Waals surface area contributed by atoms with Gasteiger partial charge in [0, 0.05) is 6.07 Å². The molecule has 0 N–H and O–H groups in total. The number of esters is 1. The number of carbonyl (C=O) groups is 3. The van der Waals surface area contributed by atoms with Crippen molar-refractivity contribution in [2.45, 2.75) is 0 Å². The number of benzene rings is 1. The van der Waals surface area contributed by atoms with Crippen molar-refractivity contribution < 1.29 is 23.9 Å². The molecule has 0 saturated heterocycles. The van der Waals surface area contributed by atoms with Crippen molar-refractivity contribution in [3.63, 3.8) is 0 Å². The normalized spacial score (nSPS) is 13.6. The maximum absolute atomic E-state index is 11.7. The van der Waals surface area contributed by atoms with E-state index in [2.05, 4.69) is 4.74 Å². The second-order valence-corrected chi connectivity index (χ2v) is 3.68. The second-order valence-electron chi connectivity index (χ2n) is 3.68. The number of fused-ring (bicyclic) bond motifs is 1. The van der Waals surface area contributed by atoms with Gasteiger partial charge in [-0.05, 0) is 12.1 Å². The van der Waals surface area contributed by atoms with Crippen molar-refractivity contribution in [1.29, 1.82) is 0 Å². The van der Waals surface area contributed by atoms with E-state index in [1.165, 1.54) is 20.3 Å². The Morgan fingerprint density at radius 3 is 2.61 bits per heavy atom. The van der Waals surface area contributed by atoms with E-state index < -0.39 is 17.7 Å². The quantitative estimate of drug-likeness (QED) is 0.572. The number of ketones is 1. The van der Waals surface area contributed by atoms with Crippen LogP contribution in [0.25, 0.3) is 0 Å². The van der Waals surface area contributed by atoms with Crippen LogP contribution in [0, 0.1) is 0 Å². The maximum Gasteiger partial charge on any atom is 0.325 e. The highest BCUT2D eigenvalue weighted by molar-refractivity contribution is 6.52. The number of ether oxygens (including phenoxy) is 2. The number of amides is 1. The molecule has 18 heavy (non-hydrogen) atoms. The SMILES string of the molecule is COC(=O)CN1C(=O)C(=O)c2ccc(OC)cc21. The molecule has 1 amide bonds. The molecule has 2 rings (SSSR count). The minimum Gasteiger partial charge on any atom is -0.497 e. The molecular formula is C12H11NO5. The summed E-state index contributed by atoms with van der Waals surface area (Å²) in [4.78, 5) is 35.7. The molecular weight excluding hydrogens is 238 g/mol. The molecule has 0 unspecified atom stereocenters. The summed E-state index contributed by atoms with van der Waals surface area (Å²) in [6, 6.07) is 4.64. The number of Topliss-reactive ketones (excluding diaryl/α,β-unsaturated/α-hetero) is 1. The van der Waals surface area contributed by atoms with Gasteiger partial charge in [-0.3, -0.25) is 19.3 Å². The molecule has 0 aliphatic carbocycles. The van der Waals surface area contributed by atoms with Gasteiger partial charge in [-0.1, -0.05) is 0 Å². The summed E-state index contributed by atoms with van der Waals surface area (Å²) < 4.78 is 9.52. The van der Waals surface area contributed by atoms with E-state index >= 15 is 0 Å². The van der Waals surface area contributed by atoms with E-state index in [-0.39, 0.29) is 12.1 Å². The molecule has 0 radical (unpaired) electrons. The summed E-state index contributed by atoms with van der Waals surface area (Å²) >= 11 is 0. The summed E-state index contributed by atoms with van der Waals surface area (Å²) in [7, 11) is 2.70. The fraction of sp³-hybridized carbons (Fsp3) is 0.250. The third-order valence-corrected chi connectivity index (χ3v) is 2.69. The molecule has 1 aromatic carbocycles. The van der Waals surface area contributed by atoms with Crippen LogP contribution in [0.15, 0.2) is 18.2 Å². The van der Waals surface area contributed by atoms with E-state index in [1.807, 2.05) is 0 Å². The molecule has 0 atom stereocenters. The molecule has 0 bridgehead atoms. The minimum atomic E-state index is -0.733. The van der Waals surface area contributed by atoms with Gasteiger partial charge in [0.1, 0.15) is 12.3 Å². The van der Waals surface area contributed by atoms with Gasteiger partial charge in [0.05, 0.1) is 25.5 Å². The maximum atomic E-state index is 11.7. The first kappa shape index (κ1) is 12.1. The van der Waals surface area contributed by atoms with Crippen LogP contribution in [-0.2, 0) is 14.3 Å². The lowest BCUT2D eigenvalue weighted by molar-refractivity contribution is -0.139. The highest BCUT2D eigenvalue weighted by atomic mass is 16.5. The first-order valence-electron chi connectivity index (χ1n) is 5.19. The molecule has 6 heteroatoms. The summed E-state index contributed by atoms with van der Waals surface area (Å²) in [6.07, 6.45) is 0. The van der Waals surface area contributed by atoms with Crippen LogP contribution >= 0.6 is 0 Å². The molecule has 6 nitrogen and oxygen atoms in total. The molecule has 94 valence electrons. The molecule has 1 aliphatic heterocycles. The number of carbonyl (C=O) groups excluding carboxylic acids is 3. The van der Waals surface area contributed by atoms with Crippen LogP contribution < -0.4 is 9.64 Å². The molecule has 1 aliphatic rings. The predicted molar refractivity (Wildman–Crippen MR) is 61.7 cm³/mol. The average molecular weight is 249 g/mol. The highest BCUT2D eigenvalue weighted by Crippen LogP contribution is 2.32. The van der Waals surface area contributed by atoms with Gasteiger partial charge in [0.25, 0.3) is 11.7 Å². The summed E-state index contributed by atoms with van der Waals surface area (Å²) in [6.45, 7) is -0.290. The second kappa shape index (κ2) is 4.48. The smallest absolute Gasteiger partial charge is 0.325 e. The number of anilines is 1. The fourth-order valence-corrected chi connectivity index (χ4v) is 1.75. The van der Waals surface area contributed by atoms with Crippen molar-refractivity contribution in [1.82, 2.24) is 0 Å². The lowest BCUT2D eigenvalue weighted by Crippen LogP contribution is -2.35. The number of hydrogen-bond acceptors (Lipinski definition) is 5. The summed E-state index contributed by atoms with van der Waals surface area (Å²) in [5.41, 5.74) is 0.638. The van der Waals surface area contributed by atoms with Crippen LogP contribution in [0.2, 0.25) is 0 Å². The zero-order valence-corrected chi connectivity index (χ0v) is 9.93. The minimum absolute atomic E-state index is 0.268. The van der Waals surface area contributed by atoms with Crippen LogP contribution in [0.3, 0.4) is 0 Å². The predicted octanol–water partition coefficient (Wildman–Crippen LogP) is 0.397. The third-order valence-electron chi connectivity index (χ3n) is 2.69. The Morgan fingerprint density at radius 2 is 2.00 bits per heavy atom. The Morgan fingerprint density at radius 1 is 1.28 bits per heavy atom. The first-order valence-corrected chi connectivity index (χ1v) is 5.19. The average Bonchev–Trinajstić information content (AvgIpc) is 2.63. The molecule has 1 heterocycles. The summed E-state index contributed by atoms with van der Waals surface area (Å²) in [5.74, 6) is -1.45. The standard InChI is InChI=1S/C12H11NO5/c1-17-7-3-4-8-9(5-7)13(6-10(14)18-2)12(16)11(8)15/h3-5H,6H2,1-2H3. The highest BCUT2D eigenvalue weighted by Gasteiger charge is 2.37. The monoisotopic (exact) mass is 249 g/mol. The van der Waals surface area contributed by atoms with Crippen LogP contribution in [-0.4, -0.2) is 38.4 Å². The van der Waals surface area contributed by atoms with Crippen molar-refractivity contribution in [2.24, 2.45) is 0 Å². The largest absolute Gasteiger partial charge is 0.497 e. The van der Waals surface area contributed by atoms with Crippen LogP contribution in [0.5, 0.6) is 5.75 Å². The molecule has 0 spiro atoms. The lowest BCUT2D eigenvalue weighted by atomic mass is 10.1. The fourth-order valence-electron chi connectivity index (χ4n) is 1.75. The van der Waals surface area contributed by atoms with Crippen molar-refractivity contribution >= 4 is 23.3 Å². The zero-order valence-electron chi connectivity index (χ0n) is 9.93. The molecule has 0 aromatic heterocycles. The summed E-state index contributed by atoms with van der Waals surface area (Å²) in [5, 5.41) is 0. The van der Waals surface area contributed by atoms with Gasteiger partial charge in [-0.15, -0.1) is 0 Å². The van der Waals surface area contributed by atoms with Gasteiger partial charge in [0.2, 0.25) is 0 Å². The number of methoxy groups -OCH3 is 2.